The van der Waals surface area contributed by atoms with Crippen LogP contribution in [-0.2, 0) is 27.4 Å². The number of nitrogens with zero attached hydrogens (tertiary/aromatic N) is 5. The van der Waals surface area contributed by atoms with E-state index in [1.54, 1.807) is 42.7 Å². The maximum Gasteiger partial charge on any atom is 0.310 e. The Morgan fingerprint density at radius 1 is 1.21 bits per heavy atom. The van der Waals surface area contributed by atoms with Gasteiger partial charge in [-0.1, -0.05) is 23.2 Å². The van der Waals surface area contributed by atoms with Crippen LogP contribution < -0.4 is 4.74 Å². The van der Waals surface area contributed by atoms with Crippen LogP contribution in [0.3, 0.4) is 0 Å². The monoisotopic (exact) mass is 607 g/mol. The average molecular weight is 608 g/mol. The maximum atomic E-state index is 14.1. The number of carbonyl (C=O) groups excluding carboxylic acids is 2. The highest BCUT2D eigenvalue weighted by Crippen LogP contribution is 2.47. The molecular weight excluding hydrogens is 572 g/mol. The number of amides is 2. The van der Waals surface area contributed by atoms with Gasteiger partial charge in [-0.3, -0.25) is 14.4 Å². The number of benzene rings is 1. The Balaban J connectivity index is 1.53. The highest BCUT2D eigenvalue weighted by Gasteiger charge is 2.51. The number of aliphatic carboxylic acids is 1. The number of carbonyl (C=O) groups is 3. The molecule has 1 saturated heterocycles. The Morgan fingerprint density at radius 2 is 1.98 bits per heavy atom. The number of halogens is 3. The normalized spacial score (nSPS) is 24.1. The molecule has 1 aromatic carbocycles. The Bertz CT molecular complexity index is 1380. The van der Waals surface area contributed by atoms with Gasteiger partial charge in [-0.05, 0) is 64.2 Å². The van der Waals surface area contributed by atoms with Gasteiger partial charge in [0.25, 0.3) is 6.43 Å². The Hall–Kier alpha value is -3.28. The molecule has 3 heterocycles. The van der Waals surface area contributed by atoms with E-state index < -0.39 is 29.8 Å². The predicted octanol–water partition coefficient (Wildman–Crippen LogP) is 4.97. The number of carboxylic acid groups (broad SMARTS) is 1. The third-order valence-electron chi connectivity index (χ3n) is 9.03. The van der Waals surface area contributed by atoms with Crippen LogP contribution >= 0.6 is 11.6 Å². The number of carboxylic acids is 1. The summed E-state index contributed by atoms with van der Waals surface area (Å²) in [6.07, 6.45) is 0.189. The molecule has 1 N–H and O–H groups in total. The average Bonchev–Trinajstić information content (AvgIpc) is 3.67. The largest absolute Gasteiger partial charge is 0.487 e. The second-order valence-corrected chi connectivity index (χ2v) is 12.3. The van der Waals surface area contributed by atoms with E-state index in [-0.39, 0.29) is 42.4 Å². The highest BCUT2D eigenvalue weighted by molar-refractivity contribution is 6.31. The van der Waals surface area contributed by atoms with Gasteiger partial charge in [0.05, 0.1) is 17.4 Å². The molecule has 10 nitrogen and oxygen atoms in total. The molecule has 2 aliphatic heterocycles. The van der Waals surface area contributed by atoms with E-state index in [0.717, 1.165) is 5.56 Å². The van der Waals surface area contributed by atoms with Crippen molar-refractivity contribution in [2.24, 2.45) is 11.3 Å². The van der Waals surface area contributed by atoms with Gasteiger partial charge in [0.15, 0.2) is 0 Å². The summed E-state index contributed by atoms with van der Waals surface area (Å²) in [5.74, 6) is -1.67. The van der Waals surface area contributed by atoms with Crippen molar-refractivity contribution < 1.29 is 33.0 Å². The minimum absolute atomic E-state index is 0.000549. The zero-order valence-corrected chi connectivity index (χ0v) is 24.7. The van der Waals surface area contributed by atoms with Crippen LogP contribution in [0.2, 0.25) is 5.02 Å². The molecule has 3 aliphatic rings. The van der Waals surface area contributed by atoms with Crippen molar-refractivity contribution in [2.45, 2.75) is 84.4 Å². The summed E-state index contributed by atoms with van der Waals surface area (Å²) in [5, 5.41) is 18.3. The topological polar surface area (TPSA) is 118 Å². The number of ether oxygens (including phenoxy) is 1. The van der Waals surface area contributed by atoms with Crippen molar-refractivity contribution in [3.8, 4) is 5.75 Å². The molecule has 1 aromatic heterocycles. The first kappa shape index (κ1) is 30.2. The fourth-order valence-corrected chi connectivity index (χ4v) is 6.93. The molecule has 1 aliphatic carbocycles. The number of hydrogen-bond acceptors (Lipinski definition) is 6. The minimum atomic E-state index is -2.81. The van der Waals surface area contributed by atoms with E-state index in [9.17, 15) is 28.3 Å². The molecule has 228 valence electrons. The fourth-order valence-electron chi connectivity index (χ4n) is 6.67. The Labute approximate surface area is 247 Å². The van der Waals surface area contributed by atoms with Crippen molar-refractivity contribution in [3.63, 3.8) is 0 Å². The van der Waals surface area contributed by atoms with Crippen LogP contribution in [0.25, 0.3) is 0 Å². The molecule has 2 fully saturated rings. The van der Waals surface area contributed by atoms with Crippen LogP contribution in [-0.4, -0.2) is 67.3 Å². The molecule has 2 aromatic rings. The zero-order chi connectivity index (χ0) is 30.3. The lowest BCUT2D eigenvalue weighted by molar-refractivity contribution is -0.157. The summed E-state index contributed by atoms with van der Waals surface area (Å²) in [6.45, 7) is 5.83. The van der Waals surface area contributed by atoms with Gasteiger partial charge in [0, 0.05) is 42.7 Å². The second kappa shape index (κ2) is 11.8. The molecular formula is C29H36ClF2N5O5. The van der Waals surface area contributed by atoms with Crippen molar-refractivity contribution in [2.75, 3.05) is 19.6 Å². The van der Waals surface area contributed by atoms with E-state index in [1.165, 1.54) is 4.68 Å². The molecule has 0 radical (unpaired) electrons. The summed E-state index contributed by atoms with van der Waals surface area (Å²) in [5.41, 5.74) is -0.153. The van der Waals surface area contributed by atoms with Crippen LogP contribution in [0.15, 0.2) is 12.1 Å². The number of rotatable bonds is 9. The Kier molecular flexibility index (Phi) is 8.46. The number of aromatic nitrogens is 3. The molecule has 0 bridgehead atoms. The van der Waals surface area contributed by atoms with Crippen LogP contribution in [0.1, 0.15) is 93.9 Å². The van der Waals surface area contributed by atoms with Gasteiger partial charge in [-0.15, -0.1) is 5.10 Å². The number of hydrogen-bond donors (Lipinski definition) is 1. The molecule has 0 spiro atoms. The van der Waals surface area contributed by atoms with E-state index in [2.05, 4.69) is 10.3 Å². The summed E-state index contributed by atoms with van der Waals surface area (Å²) < 4.78 is 35.3. The SMILES string of the molecule is CC(C)n1nnc(COc2ccc(Cl)c3c2[C@@H](CN2CCCC2=O)N(C(=O)C2CCCC2(C)C(=O)O)CC3)c1C(F)F. The second-order valence-electron chi connectivity index (χ2n) is 11.9. The molecule has 1 saturated carbocycles. The van der Waals surface area contributed by atoms with Crippen LogP contribution in [0.5, 0.6) is 5.75 Å². The van der Waals surface area contributed by atoms with Crippen molar-refractivity contribution >= 4 is 29.4 Å². The summed E-state index contributed by atoms with van der Waals surface area (Å²) in [6, 6.07) is 2.33. The van der Waals surface area contributed by atoms with Crippen LogP contribution in [0, 0.1) is 11.3 Å². The van der Waals surface area contributed by atoms with Crippen molar-refractivity contribution in [1.82, 2.24) is 24.8 Å². The molecule has 3 atom stereocenters. The highest BCUT2D eigenvalue weighted by atomic mass is 35.5. The number of fused-ring (bicyclic) bond motifs is 1. The maximum absolute atomic E-state index is 14.1. The van der Waals surface area contributed by atoms with Gasteiger partial charge >= 0.3 is 5.97 Å². The van der Waals surface area contributed by atoms with E-state index >= 15 is 0 Å². The van der Waals surface area contributed by atoms with Crippen molar-refractivity contribution in [1.29, 1.82) is 0 Å². The lowest BCUT2D eigenvalue weighted by atomic mass is 9.78. The number of likely N-dealkylation sites (tertiary alicyclic amines) is 1. The summed E-state index contributed by atoms with van der Waals surface area (Å²) >= 11 is 6.65. The quantitative estimate of drug-likeness (QED) is 0.428. The lowest BCUT2D eigenvalue weighted by Gasteiger charge is -2.42. The van der Waals surface area contributed by atoms with Crippen molar-refractivity contribution in [3.05, 3.63) is 39.7 Å². The first-order valence-electron chi connectivity index (χ1n) is 14.4. The summed E-state index contributed by atoms with van der Waals surface area (Å²) in [4.78, 5) is 42.5. The standard InChI is InChI=1S/C29H36ClF2N5O5/c1-16(2)37-25(26(31)32)20(33-34-37)15-42-22-9-8-19(30)17-10-13-36(21(24(17)22)14-35-12-5-7-23(35)38)27(39)18-6-4-11-29(18,3)28(40)41/h8-9,16,18,21,26H,4-7,10-15H2,1-3H3,(H,40,41)/t18?,21-,29?/m1/s1. The molecule has 2 amide bonds. The molecule has 2 unspecified atom stereocenters. The van der Waals surface area contributed by atoms with E-state index in [4.69, 9.17) is 16.3 Å². The minimum Gasteiger partial charge on any atom is -0.487 e. The smallest absolute Gasteiger partial charge is 0.310 e. The van der Waals surface area contributed by atoms with Gasteiger partial charge < -0.3 is 19.6 Å². The van der Waals surface area contributed by atoms with Gasteiger partial charge in [-0.25, -0.2) is 13.5 Å². The lowest BCUT2D eigenvalue weighted by Crippen LogP contribution is -2.50. The van der Waals surface area contributed by atoms with Gasteiger partial charge in [0.2, 0.25) is 11.8 Å². The van der Waals surface area contributed by atoms with E-state index in [0.29, 0.717) is 68.0 Å². The summed E-state index contributed by atoms with van der Waals surface area (Å²) in [7, 11) is 0. The fraction of sp³-hybridized carbons (Fsp3) is 0.621. The molecule has 5 rings (SSSR count). The first-order chi connectivity index (χ1) is 19.9. The first-order valence-corrected chi connectivity index (χ1v) is 14.8. The third kappa shape index (κ3) is 5.33. The molecule has 42 heavy (non-hydrogen) atoms. The predicted molar refractivity (Wildman–Crippen MR) is 148 cm³/mol. The molecule has 13 heteroatoms. The number of alkyl halides is 2. The van der Waals surface area contributed by atoms with Gasteiger partial charge in [0.1, 0.15) is 23.7 Å². The van der Waals surface area contributed by atoms with Gasteiger partial charge in [-0.2, -0.15) is 0 Å². The van der Waals surface area contributed by atoms with E-state index in [1.807, 2.05) is 0 Å². The third-order valence-corrected chi connectivity index (χ3v) is 9.38. The zero-order valence-electron chi connectivity index (χ0n) is 24.0. The Morgan fingerprint density at radius 3 is 2.62 bits per heavy atom. The van der Waals surface area contributed by atoms with Crippen LogP contribution in [0.4, 0.5) is 8.78 Å².